The minimum Gasteiger partial charge on any atom is -0.295 e. The van der Waals surface area contributed by atoms with Crippen LogP contribution in [0.2, 0.25) is 0 Å². The lowest BCUT2D eigenvalue weighted by atomic mass is 9.94. The van der Waals surface area contributed by atoms with Crippen LogP contribution in [0.3, 0.4) is 0 Å². The lowest BCUT2D eigenvalue weighted by molar-refractivity contribution is -0.0696. The topological polar surface area (TPSA) is 9.72 Å². The normalized spacial score (nSPS) is 34.5. The summed E-state index contributed by atoms with van der Waals surface area (Å²) in [5.74, 6) is 0. The van der Waals surface area contributed by atoms with Crippen LogP contribution in [0.25, 0.3) is 0 Å². The summed E-state index contributed by atoms with van der Waals surface area (Å²) in [4.78, 5) is 8.23. The maximum Gasteiger partial charge on any atom is 0.0352 e. The SMILES string of the molecule is CC(C)(C)N1CC(N2CC3CCC(C2)N3C(C)(C)C)C1. The van der Waals surface area contributed by atoms with Gasteiger partial charge in [-0.3, -0.25) is 14.7 Å². The lowest BCUT2D eigenvalue weighted by Gasteiger charge is -2.56. The number of likely N-dealkylation sites (tertiary alicyclic amines) is 2. The fourth-order valence-corrected chi connectivity index (χ4v) is 4.56. The van der Waals surface area contributed by atoms with Crippen molar-refractivity contribution in [2.75, 3.05) is 26.2 Å². The summed E-state index contributed by atoms with van der Waals surface area (Å²) in [6, 6.07) is 2.43. The van der Waals surface area contributed by atoms with Gasteiger partial charge in [0.15, 0.2) is 0 Å². The van der Waals surface area contributed by atoms with Gasteiger partial charge < -0.3 is 0 Å². The molecule has 3 fully saturated rings. The molecule has 2 unspecified atom stereocenters. The number of nitrogens with zero attached hydrogens (tertiary/aromatic N) is 3. The molecule has 3 aliphatic heterocycles. The van der Waals surface area contributed by atoms with Gasteiger partial charge in [-0.25, -0.2) is 0 Å². The highest BCUT2D eigenvalue weighted by molar-refractivity contribution is 5.04. The lowest BCUT2D eigenvalue weighted by Crippen LogP contribution is -2.69. The molecule has 116 valence electrons. The molecule has 3 saturated heterocycles. The molecule has 20 heavy (non-hydrogen) atoms. The molecule has 3 heteroatoms. The van der Waals surface area contributed by atoms with Crippen molar-refractivity contribution in [3.63, 3.8) is 0 Å². The highest BCUT2D eigenvalue weighted by Crippen LogP contribution is 2.37. The van der Waals surface area contributed by atoms with Gasteiger partial charge >= 0.3 is 0 Å². The first-order valence-electron chi connectivity index (χ1n) is 8.44. The van der Waals surface area contributed by atoms with Gasteiger partial charge in [0.25, 0.3) is 0 Å². The Morgan fingerprint density at radius 2 is 1.15 bits per heavy atom. The summed E-state index contributed by atoms with van der Waals surface area (Å²) in [6.07, 6.45) is 2.82. The smallest absolute Gasteiger partial charge is 0.0352 e. The van der Waals surface area contributed by atoms with Crippen LogP contribution in [-0.4, -0.2) is 70.1 Å². The van der Waals surface area contributed by atoms with Crippen LogP contribution in [0.15, 0.2) is 0 Å². The third kappa shape index (κ3) is 2.53. The van der Waals surface area contributed by atoms with Crippen molar-refractivity contribution in [2.24, 2.45) is 0 Å². The van der Waals surface area contributed by atoms with E-state index in [9.17, 15) is 0 Å². The molecule has 0 spiro atoms. The number of fused-ring (bicyclic) bond motifs is 2. The second-order valence-corrected chi connectivity index (χ2v) is 9.15. The molecular weight excluding hydrogens is 246 g/mol. The Morgan fingerprint density at radius 3 is 1.55 bits per heavy atom. The summed E-state index contributed by atoms with van der Waals surface area (Å²) in [5.41, 5.74) is 0.692. The van der Waals surface area contributed by atoms with E-state index in [1.165, 1.54) is 39.0 Å². The van der Waals surface area contributed by atoms with E-state index in [-0.39, 0.29) is 0 Å². The van der Waals surface area contributed by atoms with Crippen LogP contribution < -0.4 is 0 Å². The molecule has 3 nitrogen and oxygen atoms in total. The second kappa shape index (κ2) is 4.69. The van der Waals surface area contributed by atoms with E-state index in [0.717, 1.165) is 18.1 Å². The Balaban J connectivity index is 1.59. The Hall–Kier alpha value is -0.120. The number of rotatable bonds is 1. The molecule has 0 radical (unpaired) electrons. The Labute approximate surface area is 125 Å². The van der Waals surface area contributed by atoms with Gasteiger partial charge in [-0.05, 0) is 54.4 Å². The number of piperazine rings is 1. The van der Waals surface area contributed by atoms with Gasteiger partial charge in [-0.15, -0.1) is 0 Å². The summed E-state index contributed by atoms with van der Waals surface area (Å²) >= 11 is 0. The van der Waals surface area contributed by atoms with E-state index in [0.29, 0.717) is 11.1 Å². The van der Waals surface area contributed by atoms with Gasteiger partial charge in [-0.2, -0.15) is 0 Å². The largest absolute Gasteiger partial charge is 0.295 e. The van der Waals surface area contributed by atoms with Gasteiger partial charge in [0.05, 0.1) is 0 Å². The molecule has 2 bridgehead atoms. The third-order valence-electron chi connectivity index (χ3n) is 5.61. The molecule has 3 heterocycles. The van der Waals surface area contributed by atoms with Crippen LogP contribution in [-0.2, 0) is 0 Å². The van der Waals surface area contributed by atoms with Crippen molar-refractivity contribution < 1.29 is 0 Å². The molecule has 0 aromatic rings. The summed E-state index contributed by atoms with van der Waals surface area (Å²) in [7, 11) is 0. The fraction of sp³-hybridized carbons (Fsp3) is 1.00. The van der Waals surface area contributed by atoms with Crippen LogP contribution in [0, 0.1) is 0 Å². The van der Waals surface area contributed by atoms with E-state index in [1.54, 1.807) is 0 Å². The maximum absolute atomic E-state index is 2.81. The van der Waals surface area contributed by atoms with Crippen molar-refractivity contribution in [3.05, 3.63) is 0 Å². The molecule has 0 saturated carbocycles. The molecule has 3 rings (SSSR count). The zero-order valence-electron chi connectivity index (χ0n) is 14.3. The van der Waals surface area contributed by atoms with Gasteiger partial charge in [-0.1, -0.05) is 0 Å². The van der Waals surface area contributed by atoms with Crippen molar-refractivity contribution in [3.8, 4) is 0 Å². The van der Waals surface area contributed by atoms with Gasteiger partial charge in [0.2, 0.25) is 0 Å². The Morgan fingerprint density at radius 1 is 0.650 bits per heavy atom. The minimum atomic E-state index is 0.342. The predicted molar refractivity (Wildman–Crippen MR) is 85.1 cm³/mol. The van der Waals surface area contributed by atoms with Crippen molar-refractivity contribution in [1.29, 1.82) is 0 Å². The highest BCUT2D eigenvalue weighted by atomic mass is 15.4. The second-order valence-electron chi connectivity index (χ2n) is 9.15. The average Bonchev–Trinajstić information content (AvgIpc) is 2.46. The quantitative estimate of drug-likeness (QED) is 0.730. The van der Waals surface area contributed by atoms with Crippen molar-refractivity contribution >= 4 is 0 Å². The first-order chi connectivity index (χ1) is 9.16. The predicted octanol–water partition coefficient (Wildman–Crippen LogP) is 2.42. The minimum absolute atomic E-state index is 0.342. The molecule has 3 aliphatic rings. The van der Waals surface area contributed by atoms with Crippen LogP contribution in [0.1, 0.15) is 54.4 Å². The molecule has 0 aromatic heterocycles. The third-order valence-corrected chi connectivity index (χ3v) is 5.61. The van der Waals surface area contributed by atoms with Gasteiger partial charge in [0.1, 0.15) is 0 Å². The molecule has 0 aromatic carbocycles. The Bertz CT molecular complexity index is 345. The summed E-state index contributed by atoms with van der Waals surface area (Å²) in [6.45, 7) is 19.3. The zero-order chi connectivity index (χ0) is 14.7. The fourth-order valence-electron chi connectivity index (χ4n) is 4.56. The maximum atomic E-state index is 2.81. The average molecular weight is 279 g/mol. The molecule has 0 amide bonds. The number of hydrogen-bond donors (Lipinski definition) is 0. The van der Waals surface area contributed by atoms with Gasteiger partial charge in [0, 0.05) is 55.4 Å². The van der Waals surface area contributed by atoms with E-state index >= 15 is 0 Å². The van der Waals surface area contributed by atoms with Crippen LogP contribution in [0.5, 0.6) is 0 Å². The first-order valence-corrected chi connectivity index (χ1v) is 8.44. The summed E-state index contributed by atoms with van der Waals surface area (Å²) < 4.78 is 0. The molecule has 0 aliphatic carbocycles. The monoisotopic (exact) mass is 279 g/mol. The highest BCUT2D eigenvalue weighted by Gasteiger charge is 2.48. The van der Waals surface area contributed by atoms with E-state index < -0.39 is 0 Å². The first kappa shape index (κ1) is 14.8. The standard InChI is InChI=1S/C17H33N3/c1-16(2,3)19-11-15(12-19)18-9-13-7-8-14(10-18)20(13)17(4,5)6/h13-15H,7-12H2,1-6H3. The zero-order valence-corrected chi connectivity index (χ0v) is 14.3. The summed E-state index contributed by atoms with van der Waals surface area (Å²) in [5, 5.41) is 0. The van der Waals surface area contributed by atoms with Crippen LogP contribution in [0.4, 0.5) is 0 Å². The molecule has 2 atom stereocenters. The Kier molecular flexibility index (Phi) is 3.47. The van der Waals surface area contributed by atoms with E-state index in [1.807, 2.05) is 0 Å². The van der Waals surface area contributed by atoms with Crippen LogP contribution >= 0.6 is 0 Å². The van der Waals surface area contributed by atoms with E-state index in [2.05, 4.69) is 56.2 Å². The molecular formula is C17H33N3. The van der Waals surface area contributed by atoms with Crippen molar-refractivity contribution in [2.45, 2.75) is 83.6 Å². The van der Waals surface area contributed by atoms with E-state index in [4.69, 9.17) is 0 Å². The number of hydrogen-bond acceptors (Lipinski definition) is 3. The van der Waals surface area contributed by atoms with Crippen molar-refractivity contribution in [1.82, 2.24) is 14.7 Å². The molecule has 0 N–H and O–H groups in total.